The van der Waals surface area contributed by atoms with E-state index in [0.29, 0.717) is 5.39 Å². The number of hydrogen-bond donors (Lipinski definition) is 0. The number of aromatic nitrogens is 2. The molecule has 0 saturated heterocycles. The first-order valence-corrected chi connectivity index (χ1v) is 7.63. The summed E-state index contributed by atoms with van der Waals surface area (Å²) in [5.74, 6) is -1.55. The molecule has 0 bridgehead atoms. The minimum Gasteiger partial charge on any atom is -0.356 e. The lowest BCUT2D eigenvalue weighted by atomic mass is 9.94. The third-order valence-electron chi connectivity index (χ3n) is 4.35. The summed E-state index contributed by atoms with van der Waals surface area (Å²) in [5.41, 5.74) is 0.103. The predicted molar refractivity (Wildman–Crippen MR) is 79.8 cm³/mol. The van der Waals surface area contributed by atoms with Crippen molar-refractivity contribution < 1.29 is 17.6 Å². The van der Waals surface area contributed by atoms with Gasteiger partial charge in [-0.1, -0.05) is 19.3 Å². The van der Waals surface area contributed by atoms with Gasteiger partial charge in [0, 0.05) is 18.5 Å². The summed E-state index contributed by atoms with van der Waals surface area (Å²) in [6.07, 6.45) is 0.385. The second-order valence-corrected chi connectivity index (χ2v) is 5.93. The van der Waals surface area contributed by atoms with E-state index in [1.54, 1.807) is 11.9 Å². The van der Waals surface area contributed by atoms with Gasteiger partial charge in [-0.15, -0.1) is 0 Å². The molecule has 0 aliphatic heterocycles. The fourth-order valence-corrected chi connectivity index (χ4v) is 3.12. The van der Waals surface area contributed by atoms with Crippen LogP contribution in [0.25, 0.3) is 10.9 Å². The molecular weight excluding hydrogens is 310 g/mol. The summed E-state index contributed by atoms with van der Waals surface area (Å²) in [7, 11) is 1.73. The third-order valence-corrected chi connectivity index (χ3v) is 4.35. The molecule has 0 radical (unpaired) electrons. The second kappa shape index (κ2) is 5.94. The molecule has 1 aliphatic carbocycles. The van der Waals surface area contributed by atoms with Gasteiger partial charge in [-0.25, -0.2) is 14.4 Å². The maximum atomic E-state index is 13.6. The van der Waals surface area contributed by atoms with Crippen molar-refractivity contribution in [1.29, 1.82) is 0 Å². The fourth-order valence-electron chi connectivity index (χ4n) is 3.12. The zero-order chi connectivity index (χ0) is 16.6. The quantitative estimate of drug-likeness (QED) is 0.757. The molecule has 3 nitrogen and oxygen atoms in total. The Hall–Kier alpha value is -1.92. The van der Waals surface area contributed by atoms with Gasteiger partial charge in [-0.3, -0.25) is 0 Å². The number of alkyl halides is 3. The van der Waals surface area contributed by atoms with Crippen molar-refractivity contribution in [3.05, 3.63) is 29.8 Å². The van der Waals surface area contributed by atoms with E-state index < -0.39 is 17.8 Å². The van der Waals surface area contributed by atoms with Crippen LogP contribution in [-0.2, 0) is 6.18 Å². The van der Waals surface area contributed by atoms with Gasteiger partial charge in [-0.05, 0) is 31.0 Å². The number of nitrogens with zero attached hydrogens (tertiary/aromatic N) is 3. The van der Waals surface area contributed by atoms with Crippen molar-refractivity contribution in [3.63, 3.8) is 0 Å². The van der Waals surface area contributed by atoms with Gasteiger partial charge in [0.15, 0.2) is 0 Å². The molecule has 1 heterocycles. The van der Waals surface area contributed by atoms with Gasteiger partial charge in [0.25, 0.3) is 0 Å². The highest BCUT2D eigenvalue weighted by molar-refractivity contribution is 5.89. The number of fused-ring (bicyclic) bond motifs is 1. The first kappa shape index (κ1) is 16.0. The molecule has 0 amide bonds. The summed E-state index contributed by atoms with van der Waals surface area (Å²) < 4.78 is 52.7. The molecule has 124 valence electrons. The molecule has 1 aromatic heterocycles. The van der Waals surface area contributed by atoms with E-state index in [-0.39, 0.29) is 17.4 Å². The topological polar surface area (TPSA) is 29.0 Å². The molecule has 7 heteroatoms. The summed E-state index contributed by atoms with van der Waals surface area (Å²) >= 11 is 0. The van der Waals surface area contributed by atoms with Crippen LogP contribution in [0.4, 0.5) is 23.4 Å². The van der Waals surface area contributed by atoms with E-state index in [2.05, 4.69) is 9.97 Å². The largest absolute Gasteiger partial charge is 0.451 e. The highest BCUT2D eigenvalue weighted by atomic mass is 19.4. The zero-order valence-electron chi connectivity index (χ0n) is 12.7. The smallest absolute Gasteiger partial charge is 0.356 e. The van der Waals surface area contributed by atoms with Crippen molar-refractivity contribution in [2.45, 2.75) is 44.3 Å². The van der Waals surface area contributed by atoms with E-state index in [0.717, 1.165) is 38.2 Å². The number of hydrogen-bond acceptors (Lipinski definition) is 3. The van der Waals surface area contributed by atoms with Gasteiger partial charge in [0.2, 0.25) is 5.82 Å². The molecule has 0 spiro atoms. The average molecular weight is 327 g/mol. The van der Waals surface area contributed by atoms with Crippen molar-refractivity contribution in [3.8, 4) is 0 Å². The molecule has 2 aromatic rings. The van der Waals surface area contributed by atoms with Gasteiger partial charge in [-0.2, -0.15) is 13.2 Å². The Balaban J connectivity index is 2.13. The minimum atomic E-state index is -4.63. The van der Waals surface area contributed by atoms with E-state index >= 15 is 0 Å². The standard InChI is InChI=1S/C16H17F4N3/c1-23(11-5-3-2-4-6-11)14-12-9-10(17)7-8-13(12)21-15(22-14)16(18,19)20/h7-9,11H,2-6H2,1H3. The highest BCUT2D eigenvalue weighted by Crippen LogP contribution is 2.34. The van der Waals surface area contributed by atoms with Crippen LogP contribution in [0.2, 0.25) is 0 Å². The monoisotopic (exact) mass is 327 g/mol. The van der Waals surface area contributed by atoms with Crippen LogP contribution in [0.5, 0.6) is 0 Å². The molecule has 1 fully saturated rings. The fraction of sp³-hybridized carbons (Fsp3) is 0.500. The Labute approximate surface area is 131 Å². The van der Waals surface area contributed by atoms with Crippen molar-refractivity contribution in [2.24, 2.45) is 0 Å². The lowest BCUT2D eigenvalue weighted by Gasteiger charge is -2.33. The SMILES string of the molecule is CN(c1nc(C(F)(F)F)nc2ccc(F)cc12)C1CCCCC1. The highest BCUT2D eigenvalue weighted by Gasteiger charge is 2.36. The Morgan fingerprint density at radius 2 is 1.78 bits per heavy atom. The van der Waals surface area contributed by atoms with Crippen LogP contribution >= 0.6 is 0 Å². The number of rotatable bonds is 2. The Morgan fingerprint density at radius 1 is 1.09 bits per heavy atom. The van der Waals surface area contributed by atoms with Crippen molar-refractivity contribution in [1.82, 2.24) is 9.97 Å². The maximum Gasteiger partial charge on any atom is 0.451 e. The van der Waals surface area contributed by atoms with Crippen molar-refractivity contribution >= 4 is 16.7 Å². The molecule has 0 atom stereocenters. The Morgan fingerprint density at radius 3 is 2.43 bits per heavy atom. The number of anilines is 1. The third kappa shape index (κ3) is 3.23. The average Bonchev–Trinajstić information content (AvgIpc) is 2.53. The lowest BCUT2D eigenvalue weighted by molar-refractivity contribution is -0.144. The van der Waals surface area contributed by atoms with E-state index in [4.69, 9.17) is 0 Å². The Bertz CT molecular complexity index is 708. The van der Waals surface area contributed by atoms with Crippen LogP contribution in [0.3, 0.4) is 0 Å². The number of benzene rings is 1. The van der Waals surface area contributed by atoms with Gasteiger partial charge in [0.1, 0.15) is 11.6 Å². The van der Waals surface area contributed by atoms with E-state index in [1.807, 2.05) is 0 Å². The number of halogens is 4. The van der Waals surface area contributed by atoms with Crippen molar-refractivity contribution in [2.75, 3.05) is 11.9 Å². The van der Waals surface area contributed by atoms with E-state index in [1.165, 1.54) is 12.1 Å². The zero-order valence-corrected chi connectivity index (χ0v) is 12.7. The first-order valence-electron chi connectivity index (χ1n) is 7.63. The molecule has 1 saturated carbocycles. The molecule has 1 aromatic carbocycles. The molecular formula is C16H17F4N3. The lowest BCUT2D eigenvalue weighted by Crippen LogP contribution is -2.34. The first-order chi connectivity index (χ1) is 10.9. The van der Waals surface area contributed by atoms with Gasteiger partial charge >= 0.3 is 6.18 Å². The molecule has 3 rings (SSSR count). The van der Waals surface area contributed by atoms with Crippen LogP contribution < -0.4 is 4.90 Å². The van der Waals surface area contributed by atoms with E-state index in [9.17, 15) is 17.6 Å². The van der Waals surface area contributed by atoms with Crippen LogP contribution in [0.15, 0.2) is 18.2 Å². The Kier molecular flexibility index (Phi) is 4.12. The van der Waals surface area contributed by atoms with Crippen LogP contribution in [0, 0.1) is 5.82 Å². The predicted octanol–water partition coefficient (Wildman–Crippen LogP) is 4.56. The molecule has 1 aliphatic rings. The molecule has 23 heavy (non-hydrogen) atoms. The minimum absolute atomic E-state index is 0.103. The summed E-state index contributed by atoms with van der Waals surface area (Å²) in [6, 6.07) is 3.69. The van der Waals surface area contributed by atoms with Crippen LogP contribution in [-0.4, -0.2) is 23.1 Å². The normalized spacial score (nSPS) is 16.7. The molecule has 0 unspecified atom stereocenters. The summed E-state index contributed by atoms with van der Waals surface area (Å²) in [6.45, 7) is 0. The molecule has 0 N–H and O–H groups in total. The van der Waals surface area contributed by atoms with Gasteiger partial charge < -0.3 is 4.90 Å². The van der Waals surface area contributed by atoms with Crippen LogP contribution in [0.1, 0.15) is 37.9 Å². The summed E-state index contributed by atoms with van der Waals surface area (Å²) in [4.78, 5) is 9.01. The summed E-state index contributed by atoms with van der Waals surface area (Å²) in [5, 5.41) is 0.311. The second-order valence-electron chi connectivity index (χ2n) is 5.93. The van der Waals surface area contributed by atoms with Gasteiger partial charge in [0.05, 0.1) is 5.52 Å². The maximum absolute atomic E-state index is 13.6.